The maximum Gasteiger partial charge on any atom is 0.203 e. The van der Waals surface area contributed by atoms with Crippen molar-refractivity contribution in [3.8, 4) is 23.3 Å². The quantitative estimate of drug-likeness (QED) is 0.847. The molecule has 1 rings (SSSR count). The number of benzene rings is 1. The van der Waals surface area contributed by atoms with Gasteiger partial charge in [-0.15, -0.1) is 0 Å². The van der Waals surface area contributed by atoms with Gasteiger partial charge in [-0.25, -0.2) is 0 Å². The van der Waals surface area contributed by atoms with Crippen LogP contribution in [0, 0.1) is 11.3 Å². The Hall–Kier alpha value is -2.09. The van der Waals surface area contributed by atoms with Crippen LogP contribution in [0.1, 0.15) is 6.92 Å². The Morgan fingerprint density at radius 2 is 1.65 bits per heavy atom. The fourth-order valence-electron chi connectivity index (χ4n) is 1.45. The highest BCUT2D eigenvalue weighted by Crippen LogP contribution is 2.39. The zero-order valence-corrected chi connectivity index (χ0v) is 10.4. The molecule has 5 nitrogen and oxygen atoms in total. The number of anilines is 1. The minimum absolute atomic E-state index is 0.294. The molecule has 0 aliphatic rings. The maximum absolute atomic E-state index is 8.75. The summed E-state index contributed by atoms with van der Waals surface area (Å²) in [5.41, 5.74) is 0.744. The molecule has 0 saturated heterocycles. The number of methoxy groups -OCH3 is 3. The van der Waals surface area contributed by atoms with Gasteiger partial charge in [0.15, 0.2) is 11.5 Å². The van der Waals surface area contributed by atoms with Crippen LogP contribution in [0.3, 0.4) is 0 Å². The summed E-state index contributed by atoms with van der Waals surface area (Å²) in [5.74, 6) is 1.64. The first-order chi connectivity index (χ1) is 8.15. The van der Waals surface area contributed by atoms with E-state index in [1.165, 1.54) is 0 Å². The van der Waals surface area contributed by atoms with Crippen LogP contribution in [0.5, 0.6) is 17.2 Å². The van der Waals surface area contributed by atoms with Crippen molar-refractivity contribution in [2.75, 3.05) is 26.6 Å². The normalized spacial score (nSPS) is 11.2. The van der Waals surface area contributed by atoms with E-state index in [4.69, 9.17) is 19.5 Å². The molecule has 1 atom stereocenters. The Labute approximate surface area is 101 Å². The first-order valence-electron chi connectivity index (χ1n) is 5.12. The van der Waals surface area contributed by atoms with Gasteiger partial charge in [0.05, 0.1) is 27.4 Å². The molecule has 5 heteroatoms. The number of hydrogen-bond donors (Lipinski definition) is 1. The van der Waals surface area contributed by atoms with E-state index < -0.39 is 0 Å². The fourth-order valence-corrected chi connectivity index (χ4v) is 1.45. The van der Waals surface area contributed by atoms with Crippen molar-refractivity contribution >= 4 is 5.69 Å². The third kappa shape index (κ3) is 2.94. The maximum atomic E-state index is 8.75. The summed E-state index contributed by atoms with van der Waals surface area (Å²) >= 11 is 0. The topological polar surface area (TPSA) is 63.5 Å². The number of ether oxygens (including phenoxy) is 3. The van der Waals surface area contributed by atoms with Crippen molar-refractivity contribution in [1.29, 1.82) is 5.26 Å². The standard InChI is InChI=1S/C12H16N2O3/c1-8(7-13)14-9-5-10(15-2)12(17-4)11(6-9)16-3/h5-6,8,14H,1-4H3. The molecular formula is C12H16N2O3. The number of hydrogen-bond acceptors (Lipinski definition) is 5. The van der Waals surface area contributed by atoms with Gasteiger partial charge in [0.2, 0.25) is 5.75 Å². The molecule has 0 spiro atoms. The molecule has 0 radical (unpaired) electrons. The Balaban J connectivity index is 3.14. The zero-order chi connectivity index (χ0) is 12.8. The van der Waals surface area contributed by atoms with Gasteiger partial charge in [-0.3, -0.25) is 0 Å². The Bertz CT molecular complexity index is 401. The second kappa shape index (κ2) is 5.85. The van der Waals surface area contributed by atoms with Crippen molar-refractivity contribution < 1.29 is 14.2 Å². The van der Waals surface area contributed by atoms with Gasteiger partial charge < -0.3 is 19.5 Å². The van der Waals surface area contributed by atoms with Crippen LogP contribution in [-0.4, -0.2) is 27.4 Å². The smallest absolute Gasteiger partial charge is 0.203 e. The van der Waals surface area contributed by atoms with Gasteiger partial charge in [0.1, 0.15) is 6.04 Å². The van der Waals surface area contributed by atoms with Gasteiger partial charge in [-0.2, -0.15) is 5.26 Å². The lowest BCUT2D eigenvalue weighted by Crippen LogP contribution is -2.12. The Morgan fingerprint density at radius 3 is 2.00 bits per heavy atom. The van der Waals surface area contributed by atoms with Gasteiger partial charge in [0, 0.05) is 17.8 Å². The molecule has 0 fully saturated rings. The minimum Gasteiger partial charge on any atom is -0.493 e. The van der Waals surface area contributed by atoms with Crippen molar-refractivity contribution in [1.82, 2.24) is 0 Å². The van der Waals surface area contributed by atoms with Crippen molar-refractivity contribution in [2.24, 2.45) is 0 Å². The molecule has 0 aliphatic carbocycles. The molecule has 0 heterocycles. The van der Waals surface area contributed by atoms with E-state index in [2.05, 4.69) is 11.4 Å². The highest BCUT2D eigenvalue weighted by atomic mass is 16.5. The van der Waals surface area contributed by atoms with E-state index in [0.29, 0.717) is 17.2 Å². The second-order valence-electron chi connectivity index (χ2n) is 3.41. The first-order valence-corrected chi connectivity index (χ1v) is 5.12. The highest BCUT2D eigenvalue weighted by molar-refractivity contribution is 5.63. The SMILES string of the molecule is COc1cc(NC(C)C#N)cc(OC)c1OC. The van der Waals surface area contributed by atoms with Crippen LogP contribution in [0.4, 0.5) is 5.69 Å². The molecule has 0 amide bonds. The molecule has 17 heavy (non-hydrogen) atoms. The predicted octanol–water partition coefficient (Wildman–Crippen LogP) is 2.04. The summed E-state index contributed by atoms with van der Waals surface area (Å²) in [6.45, 7) is 1.77. The van der Waals surface area contributed by atoms with Crippen LogP contribution < -0.4 is 19.5 Å². The molecular weight excluding hydrogens is 220 g/mol. The lowest BCUT2D eigenvalue weighted by Gasteiger charge is -2.15. The number of rotatable bonds is 5. The molecule has 1 N–H and O–H groups in total. The Morgan fingerprint density at radius 1 is 1.12 bits per heavy atom. The molecule has 1 unspecified atom stereocenters. The van der Waals surface area contributed by atoms with E-state index in [-0.39, 0.29) is 6.04 Å². The van der Waals surface area contributed by atoms with Crippen molar-refractivity contribution in [3.63, 3.8) is 0 Å². The largest absolute Gasteiger partial charge is 0.493 e. The summed E-state index contributed by atoms with van der Waals surface area (Å²) < 4.78 is 15.6. The van der Waals surface area contributed by atoms with E-state index in [9.17, 15) is 0 Å². The van der Waals surface area contributed by atoms with Crippen LogP contribution >= 0.6 is 0 Å². The van der Waals surface area contributed by atoms with Gasteiger partial charge >= 0.3 is 0 Å². The van der Waals surface area contributed by atoms with Gasteiger partial charge in [-0.1, -0.05) is 0 Å². The molecule has 1 aromatic rings. The summed E-state index contributed by atoms with van der Waals surface area (Å²) in [4.78, 5) is 0. The summed E-state index contributed by atoms with van der Waals surface area (Å²) in [6, 6.07) is 5.32. The Kier molecular flexibility index (Phi) is 4.46. The zero-order valence-electron chi connectivity index (χ0n) is 10.4. The number of nitriles is 1. The molecule has 0 saturated carbocycles. The summed E-state index contributed by atoms with van der Waals surface area (Å²) in [6.07, 6.45) is 0. The molecule has 0 aromatic heterocycles. The van der Waals surface area contributed by atoms with E-state index >= 15 is 0 Å². The number of nitrogens with zero attached hydrogens (tertiary/aromatic N) is 1. The summed E-state index contributed by atoms with van der Waals surface area (Å²) in [7, 11) is 4.65. The van der Waals surface area contributed by atoms with Crippen molar-refractivity contribution in [2.45, 2.75) is 13.0 Å². The van der Waals surface area contributed by atoms with Gasteiger partial charge in [0.25, 0.3) is 0 Å². The lowest BCUT2D eigenvalue weighted by molar-refractivity contribution is 0.324. The van der Waals surface area contributed by atoms with Gasteiger partial charge in [-0.05, 0) is 6.92 Å². The average Bonchev–Trinajstić information content (AvgIpc) is 2.37. The van der Waals surface area contributed by atoms with E-state index in [1.54, 1.807) is 40.4 Å². The van der Waals surface area contributed by atoms with Crippen LogP contribution in [0.15, 0.2) is 12.1 Å². The minimum atomic E-state index is -0.294. The number of nitrogens with one attached hydrogen (secondary N) is 1. The van der Waals surface area contributed by atoms with E-state index in [0.717, 1.165) is 5.69 Å². The van der Waals surface area contributed by atoms with Crippen LogP contribution in [0.2, 0.25) is 0 Å². The third-order valence-electron chi connectivity index (χ3n) is 2.24. The monoisotopic (exact) mass is 236 g/mol. The lowest BCUT2D eigenvalue weighted by atomic mass is 10.2. The average molecular weight is 236 g/mol. The van der Waals surface area contributed by atoms with Crippen LogP contribution in [0.25, 0.3) is 0 Å². The first kappa shape index (κ1) is 13.0. The molecule has 0 aliphatic heterocycles. The molecule has 92 valence electrons. The van der Waals surface area contributed by atoms with E-state index in [1.807, 2.05) is 0 Å². The molecule has 0 bridgehead atoms. The van der Waals surface area contributed by atoms with Crippen LogP contribution in [-0.2, 0) is 0 Å². The highest BCUT2D eigenvalue weighted by Gasteiger charge is 2.13. The summed E-state index contributed by atoms with van der Waals surface area (Å²) in [5, 5.41) is 11.8. The van der Waals surface area contributed by atoms with Crippen molar-refractivity contribution in [3.05, 3.63) is 12.1 Å². The molecule has 1 aromatic carbocycles. The predicted molar refractivity (Wildman–Crippen MR) is 64.8 cm³/mol. The second-order valence-corrected chi connectivity index (χ2v) is 3.41. The third-order valence-corrected chi connectivity index (χ3v) is 2.24. The fraction of sp³-hybridized carbons (Fsp3) is 0.417.